The second-order valence-corrected chi connectivity index (χ2v) is 7.68. The van der Waals surface area contributed by atoms with Crippen LogP contribution in [0.2, 0.25) is 0 Å². The van der Waals surface area contributed by atoms with E-state index in [1.54, 1.807) is 6.07 Å². The normalized spacial score (nSPS) is 13.7. The third-order valence-electron chi connectivity index (χ3n) is 4.63. The number of aryl methyl sites for hydroxylation is 1. The first kappa shape index (κ1) is 20.8. The van der Waals surface area contributed by atoms with Gasteiger partial charge >= 0.3 is 0 Å². The van der Waals surface area contributed by atoms with E-state index < -0.39 is 4.92 Å². The van der Waals surface area contributed by atoms with Crippen LogP contribution < -0.4 is 15.6 Å². The van der Waals surface area contributed by atoms with E-state index in [0.29, 0.717) is 5.56 Å². The van der Waals surface area contributed by atoms with Crippen molar-refractivity contribution in [3.8, 4) is 0 Å². The molecule has 1 saturated heterocycles. The minimum Gasteiger partial charge on any atom is -0.375 e. The average Bonchev–Trinajstić information content (AvgIpc) is 3.21. The molecule has 3 rings (SSSR count). The number of nitrogens with zero attached hydrogens (tertiary/aromatic N) is 3. The zero-order valence-corrected chi connectivity index (χ0v) is 17.6. The molecule has 9 heteroatoms. The lowest BCUT2D eigenvalue weighted by Crippen LogP contribution is -2.26. The van der Waals surface area contributed by atoms with Crippen molar-refractivity contribution in [3.05, 3.63) is 62.1 Å². The topological polar surface area (TPSA) is 99.9 Å². The second-order valence-electron chi connectivity index (χ2n) is 6.82. The molecule has 1 fully saturated rings. The van der Waals surface area contributed by atoms with Gasteiger partial charge in [0.05, 0.1) is 17.7 Å². The number of hydrogen-bond acceptors (Lipinski definition) is 6. The summed E-state index contributed by atoms with van der Waals surface area (Å²) >= 11 is 3.46. The highest BCUT2D eigenvalue weighted by molar-refractivity contribution is 9.10. The number of nitro groups is 1. The third kappa shape index (κ3) is 5.54. The lowest BCUT2D eigenvalue weighted by Gasteiger charge is -2.19. The number of nitro benzene ring substituents is 1. The first-order valence-electron chi connectivity index (χ1n) is 9.29. The Hall–Kier alpha value is -2.94. The van der Waals surface area contributed by atoms with Gasteiger partial charge in [-0.1, -0.05) is 6.07 Å². The number of amides is 1. The number of hydrazone groups is 1. The number of anilines is 2. The summed E-state index contributed by atoms with van der Waals surface area (Å²) in [5, 5.41) is 18.1. The van der Waals surface area contributed by atoms with Crippen LogP contribution in [0.25, 0.3) is 0 Å². The van der Waals surface area contributed by atoms with Gasteiger partial charge in [0.1, 0.15) is 0 Å². The van der Waals surface area contributed by atoms with Crippen molar-refractivity contribution < 1.29 is 9.72 Å². The summed E-state index contributed by atoms with van der Waals surface area (Å²) in [7, 11) is 0. The molecule has 0 unspecified atom stereocenters. The number of carbonyl (C=O) groups excluding carboxylic acids is 1. The number of non-ortho nitro benzene ring substituents is 1. The number of halogens is 1. The van der Waals surface area contributed by atoms with Gasteiger partial charge in [0.2, 0.25) is 0 Å². The van der Waals surface area contributed by atoms with Crippen molar-refractivity contribution in [2.45, 2.75) is 19.8 Å². The van der Waals surface area contributed by atoms with E-state index in [0.717, 1.165) is 47.3 Å². The van der Waals surface area contributed by atoms with Gasteiger partial charge in [0.15, 0.2) is 0 Å². The third-order valence-corrected chi connectivity index (χ3v) is 5.28. The highest BCUT2D eigenvalue weighted by Crippen LogP contribution is 2.27. The van der Waals surface area contributed by atoms with Crippen LogP contribution >= 0.6 is 15.9 Å². The molecular weight excluding hydrogens is 438 g/mol. The van der Waals surface area contributed by atoms with Crippen molar-refractivity contribution in [2.24, 2.45) is 5.10 Å². The van der Waals surface area contributed by atoms with Crippen molar-refractivity contribution in [1.29, 1.82) is 0 Å². The minimum absolute atomic E-state index is 0.00777. The van der Waals surface area contributed by atoms with E-state index in [-0.39, 0.29) is 18.1 Å². The molecule has 1 heterocycles. The molecule has 0 saturated carbocycles. The Morgan fingerprint density at radius 1 is 1.28 bits per heavy atom. The fraction of sp³-hybridized carbons (Fsp3) is 0.300. The van der Waals surface area contributed by atoms with Gasteiger partial charge in [-0.25, -0.2) is 5.43 Å². The largest absolute Gasteiger partial charge is 0.375 e. The van der Waals surface area contributed by atoms with Gasteiger partial charge in [0, 0.05) is 46.6 Å². The van der Waals surface area contributed by atoms with Crippen LogP contribution in [0, 0.1) is 17.0 Å². The fourth-order valence-electron chi connectivity index (χ4n) is 3.16. The minimum atomic E-state index is -0.437. The smallest absolute Gasteiger partial charge is 0.270 e. The van der Waals surface area contributed by atoms with Crippen LogP contribution in [0.3, 0.4) is 0 Å². The zero-order valence-electron chi connectivity index (χ0n) is 16.0. The number of rotatable bonds is 7. The molecule has 29 heavy (non-hydrogen) atoms. The Balaban J connectivity index is 1.64. The molecule has 0 aliphatic carbocycles. The summed E-state index contributed by atoms with van der Waals surface area (Å²) in [4.78, 5) is 24.9. The molecule has 0 spiro atoms. The Kier molecular flexibility index (Phi) is 6.82. The second kappa shape index (κ2) is 9.51. The van der Waals surface area contributed by atoms with E-state index in [4.69, 9.17) is 0 Å². The molecule has 2 aromatic rings. The number of benzene rings is 2. The monoisotopic (exact) mass is 459 g/mol. The Morgan fingerprint density at radius 3 is 2.72 bits per heavy atom. The Bertz CT molecular complexity index is 942. The molecule has 2 aromatic carbocycles. The van der Waals surface area contributed by atoms with Crippen LogP contribution in [0.4, 0.5) is 17.1 Å². The first-order valence-corrected chi connectivity index (χ1v) is 10.1. The quantitative estimate of drug-likeness (QED) is 0.372. The average molecular weight is 460 g/mol. The fourth-order valence-corrected chi connectivity index (χ4v) is 3.79. The van der Waals surface area contributed by atoms with Crippen LogP contribution in [-0.4, -0.2) is 36.7 Å². The summed E-state index contributed by atoms with van der Waals surface area (Å²) in [6.07, 6.45) is 3.63. The maximum atomic E-state index is 12.1. The maximum Gasteiger partial charge on any atom is 0.270 e. The number of nitrogens with one attached hydrogen (secondary N) is 2. The van der Waals surface area contributed by atoms with Gasteiger partial charge in [-0.2, -0.15) is 5.10 Å². The van der Waals surface area contributed by atoms with Crippen LogP contribution in [0.15, 0.2) is 46.0 Å². The molecule has 1 amide bonds. The molecule has 0 radical (unpaired) electrons. The zero-order chi connectivity index (χ0) is 20.8. The molecule has 8 nitrogen and oxygen atoms in total. The van der Waals surface area contributed by atoms with Crippen molar-refractivity contribution >= 4 is 45.1 Å². The molecule has 1 aliphatic rings. The van der Waals surface area contributed by atoms with E-state index in [9.17, 15) is 14.9 Å². The van der Waals surface area contributed by atoms with Crippen molar-refractivity contribution in [3.63, 3.8) is 0 Å². The van der Waals surface area contributed by atoms with Gasteiger partial charge in [-0.05, 0) is 59.5 Å². The van der Waals surface area contributed by atoms with Crippen molar-refractivity contribution in [2.75, 3.05) is 29.9 Å². The standard InChI is InChI=1S/C20H22BrN5O3/c1-14-4-6-18(17(21)10-14)22-13-20(27)24-23-12-15-11-16(26(28)29)5-7-19(15)25-8-2-3-9-25/h4-7,10-12,22H,2-3,8-9,13H2,1H3,(H,24,27). The van der Waals surface area contributed by atoms with Gasteiger partial charge < -0.3 is 10.2 Å². The van der Waals surface area contributed by atoms with E-state index in [2.05, 4.69) is 36.7 Å². The lowest BCUT2D eigenvalue weighted by molar-refractivity contribution is -0.384. The number of carbonyl (C=O) groups is 1. The predicted octanol–water partition coefficient (Wildman–Crippen LogP) is 3.83. The molecule has 0 aromatic heterocycles. The van der Waals surface area contributed by atoms with Crippen LogP contribution in [-0.2, 0) is 4.79 Å². The molecular formula is C20H22BrN5O3. The summed E-state index contributed by atoms with van der Waals surface area (Å²) in [5.74, 6) is -0.318. The molecule has 0 bridgehead atoms. The van der Waals surface area contributed by atoms with Crippen molar-refractivity contribution in [1.82, 2.24) is 5.43 Å². The van der Waals surface area contributed by atoms with Crippen LogP contribution in [0.1, 0.15) is 24.0 Å². The highest BCUT2D eigenvalue weighted by atomic mass is 79.9. The van der Waals surface area contributed by atoms with Gasteiger partial charge in [-0.3, -0.25) is 14.9 Å². The Morgan fingerprint density at radius 2 is 2.03 bits per heavy atom. The van der Waals surface area contributed by atoms with Gasteiger partial charge in [-0.15, -0.1) is 0 Å². The molecule has 2 N–H and O–H groups in total. The predicted molar refractivity (Wildman–Crippen MR) is 118 cm³/mol. The molecule has 152 valence electrons. The summed E-state index contributed by atoms with van der Waals surface area (Å²) < 4.78 is 0.876. The highest BCUT2D eigenvalue weighted by Gasteiger charge is 2.18. The summed E-state index contributed by atoms with van der Waals surface area (Å²) in [5.41, 5.74) is 5.87. The Labute approximate surface area is 177 Å². The summed E-state index contributed by atoms with van der Waals surface area (Å²) in [6, 6.07) is 10.5. The van der Waals surface area contributed by atoms with E-state index in [1.165, 1.54) is 18.3 Å². The lowest BCUT2D eigenvalue weighted by atomic mass is 10.1. The number of hydrogen-bond donors (Lipinski definition) is 2. The van der Waals surface area contributed by atoms with E-state index in [1.807, 2.05) is 25.1 Å². The van der Waals surface area contributed by atoms with Crippen LogP contribution in [0.5, 0.6) is 0 Å². The SMILES string of the molecule is Cc1ccc(NCC(=O)NN=Cc2cc([N+](=O)[O-])ccc2N2CCCC2)c(Br)c1. The van der Waals surface area contributed by atoms with E-state index >= 15 is 0 Å². The maximum absolute atomic E-state index is 12.1. The molecule has 1 aliphatic heterocycles. The summed E-state index contributed by atoms with van der Waals surface area (Å²) in [6.45, 7) is 3.84. The first-order chi connectivity index (χ1) is 13.9. The molecule has 0 atom stereocenters. The van der Waals surface area contributed by atoms with Gasteiger partial charge in [0.25, 0.3) is 11.6 Å².